The van der Waals surface area contributed by atoms with Gasteiger partial charge in [-0.05, 0) is 64.3 Å². The smallest absolute Gasteiger partial charge is 0.227 e. The quantitative estimate of drug-likeness (QED) is 0.585. The summed E-state index contributed by atoms with van der Waals surface area (Å²) >= 11 is 0. The maximum atomic E-state index is 13.8. The number of rotatable bonds is 7. The summed E-state index contributed by atoms with van der Waals surface area (Å²) < 4.78 is 29.3. The van der Waals surface area contributed by atoms with Crippen LogP contribution < -0.4 is 14.8 Å². The van der Waals surface area contributed by atoms with Gasteiger partial charge in [0.05, 0.1) is 26.8 Å². The van der Waals surface area contributed by atoms with Crippen LogP contribution in [0.15, 0.2) is 52.7 Å². The first kappa shape index (κ1) is 21.2. The third-order valence-corrected chi connectivity index (χ3v) is 5.09. The van der Waals surface area contributed by atoms with Gasteiger partial charge in [0, 0.05) is 12.6 Å². The van der Waals surface area contributed by atoms with Gasteiger partial charge < -0.3 is 24.4 Å². The van der Waals surface area contributed by atoms with Gasteiger partial charge in [0.25, 0.3) is 0 Å². The zero-order valence-corrected chi connectivity index (χ0v) is 17.5. The Hall–Kier alpha value is -4.07. The van der Waals surface area contributed by atoms with Crippen molar-refractivity contribution in [2.45, 2.75) is 6.42 Å². The Labute approximate surface area is 183 Å². The first-order valence-corrected chi connectivity index (χ1v) is 9.82. The molecule has 1 amide bonds. The van der Waals surface area contributed by atoms with Gasteiger partial charge in [0.2, 0.25) is 11.7 Å². The van der Waals surface area contributed by atoms with Crippen LogP contribution in [0.3, 0.4) is 0 Å². The van der Waals surface area contributed by atoms with Crippen molar-refractivity contribution in [1.82, 2.24) is 10.5 Å². The molecular formula is C24H21FN2O5. The summed E-state index contributed by atoms with van der Waals surface area (Å²) in [5, 5.41) is 16.6. The van der Waals surface area contributed by atoms with E-state index in [0.717, 1.165) is 16.7 Å². The molecule has 1 heterocycles. The van der Waals surface area contributed by atoms with E-state index >= 15 is 0 Å². The van der Waals surface area contributed by atoms with Crippen molar-refractivity contribution in [2.75, 3.05) is 20.8 Å². The summed E-state index contributed by atoms with van der Waals surface area (Å²) in [7, 11) is 2.91. The summed E-state index contributed by atoms with van der Waals surface area (Å²) in [6.45, 7) is 0.238. The Balaban J connectivity index is 1.65. The molecule has 2 aromatic carbocycles. The minimum absolute atomic E-state index is 0.0697. The molecule has 0 radical (unpaired) electrons. The van der Waals surface area contributed by atoms with Crippen LogP contribution in [0.2, 0.25) is 0 Å². The van der Waals surface area contributed by atoms with Crippen LogP contribution in [0, 0.1) is 5.82 Å². The van der Waals surface area contributed by atoms with E-state index in [1.165, 1.54) is 32.5 Å². The molecule has 0 saturated heterocycles. The molecule has 7 nitrogen and oxygen atoms in total. The standard InChI is InChI=1S/C24H21FN2O5/c1-30-21-8-14(9-22(31-2)24(21)29)7-20-16(10-15-11-17(25)3-4-19(15)20)13-26-23(28)12-18-5-6-27-32-18/h3-11,29H,12-13H2,1-2H3,(H,26,28)/b20-7-. The molecule has 8 heteroatoms. The molecule has 1 aromatic heterocycles. The lowest BCUT2D eigenvalue weighted by atomic mass is 9.99. The van der Waals surface area contributed by atoms with Gasteiger partial charge in [-0.1, -0.05) is 11.2 Å². The molecule has 164 valence electrons. The molecule has 3 aromatic rings. The van der Waals surface area contributed by atoms with Crippen molar-refractivity contribution in [2.24, 2.45) is 0 Å². The topological polar surface area (TPSA) is 93.8 Å². The van der Waals surface area contributed by atoms with Crippen LogP contribution >= 0.6 is 0 Å². The normalized spacial score (nSPS) is 13.6. The van der Waals surface area contributed by atoms with Gasteiger partial charge >= 0.3 is 0 Å². The van der Waals surface area contributed by atoms with Crippen LogP contribution in [0.25, 0.3) is 17.7 Å². The molecule has 1 aliphatic rings. The van der Waals surface area contributed by atoms with Crippen LogP contribution in [-0.4, -0.2) is 36.9 Å². The summed E-state index contributed by atoms with van der Waals surface area (Å²) in [5.74, 6) is 0.327. The SMILES string of the molecule is COc1cc(/C=C2/C(CNC(=O)Cc3ccno3)=Cc3cc(F)ccc32)cc(OC)c1O. The van der Waals surface area contributed by atoms with Gasteiger partial charge in [-0.2, -0.15) is 0 Å². The molecule has 0 spiro atoms. The summed E-state index contributed by atoms with van der Waals surface area (Å²) in [5.41, 5.74) is 3.88. The predicted molar refractivity (Wildman–Crippen MR) is 117 cm³/mol. The van der Waals surface area contributed by atoms with Gasteiger partial charge in [0.1, 0.15) is 11.6 Å². The Morgan fingerprint density at radius 1 is 1.19 bits per heavy atom. The fourth-order valence-corrected chi connectivity index (χ4v) is 3.57. The maximum Gasteiger partial charge on any atom is 0.227 e. The van der Waals surface area contributed by atoms with Crippen molar-refractivity contribution in [3.8, 4) is 17.2 Å². The van der Waals surface area contributed by atoms with Crippen molar-refractivity contribution in [3.63, 3.8) is 0 Å². The number of fused-ring (bicyclic) bond motifs is 1. The molecule has 0 bridgehead atoms. The highest BCUT2D eigenvalue weighted by molar-refractivity contribution is 6.02. The Kier molecular flexibility index (Phi) is 5.93. The number of phenolic OH excluding ortho intramolecular Hbond substituents is 1. The summed E-state index contributed by atoms with van der Waals surface area (Å²) in [6.07, 6.45) is 5.27. The highest BCUT2D eigenvalue weighted by atomic mass is 19.1. The van der Waals surface area contributed by atoms with Gasteiger partial charge in [-0.15, -0.1) is 0 Å². The zero-order valence-electron chi connectivity index (χ0n) is 17.5. The highest BCUT2D eigenvalue weighted by Crippen LogP contribution is 2.41. The molecule has 0 aliphatic heterocycles. The number of carbonyl (C=O) groups is 1. The molecule has 2 N–H and O–H groups in total. The van der Waals surface area contributed by atoms with Crippen LogP contribution in [0.4, 0.5) is 4.39 Å². The van der Waals surface area contributed by atoms with E-state index in [0.29, 0.717) is 16.9 Å². The molecule has 0 unspecified atom stereocenters. The number of phenols is 1. The number of nitrogens with zero attached hydrogens (tertiary/aromatic N) is 1. The first-order valence-electron chi connectivity index (χ1n) is 9.82. The minimum atomic E-state index is -0.345. The average molecular weight is 436 g/mol. The van der Waals surface area contributed by atoms with E-state index < -0.39 is 0 Å². The van der Waals surface area contributed by atoms with Crippen LogP contribution in [0.5, 0.6) is 17.2 Å². The van der Waals surface area contributed by atoms with E-state index in [2.05, 4.69) is 10.5 Å². The highest BCUT2D eigenvalue weighted by Gasteiger charge is 2.21. The number of aromatic hydroxyl groups is 1. The maximum absolute atomic E-state index is 13.8. The van der Waals surface area contributed by atoms with Crippen LogP contribution in [0.1, 0.15) is 22.5 Å². The molecule has 4 rings (SSSR count). The van der Waals surface area contributed by atoms with Crippen molar-refractivity contribution in [3.05, 3.63) is 76.4 Å². The fourth-order valence-electron chi connectivity index (χ4n) is 3.57. The number of ether oxygens (including phenoxy) is 2. The summed E-state index contributed by atoms with van der Waals surface area (Å²) in [6, 6.07) is 9.52. The number of aromatic nitrogens is 1. The lowest BCUT2D eigenvalue weighted by molar-refractivity contribution is -0.120. The third kappa shape index (κ3) is 4.34. The van der Waals surface area contributed by atoms with Gasteiger partial charge in [-0.3, -0.25) is 4.79 Å². The van der Waals surface area contributed by atoms with Crippen molar-refractivity contribution in [1.29, 1.82) is 0 Å². The van der Waals surface area contributed by atoms with E-state index in [1.807, 2.05) is 12.2 Å². The molecular weight excluding hydrogens is 415 g/mol. The number of halogens is 1. The number of methoxy groups -OCH3 is 2. The number of hydrogen-bond donors (Lipinski definition) is 2. The fraction of sp³-hybridized carbons (Fsp3) is 0.167. The van der Waals surface area contributed by atoms with E-state index in [-0.39, 0.29) is 41.9 Å². The monoisotopic (exact) mass is 436 g/mol. The average Bonchev–Trinajstić information content (AvgIpc) is 3.40. The molecule has 0 fully saturated rings. The zero-order chi connectivity index (χ0) is 22.7. The van der Waals surface area contributed by atoms with Gasteiger partial charge in [-0.25, -0.2) is 4.39 Å². The molecule has 0 saturated carbocycles. The predicted octanol–water partition coefficient (Wildman–Crippen LogP) is 3.83. The number of benzene rings is 2. The van der Waals surface area contributed by atoms with Crippen LogP contribution in [-0.2, 0) is 11.2 Å². The van der Waals surface area contributed by atoms with E-state index in [9.17, 15) is 14.3 Å². The Bertz CT molecular complexity index is 1190. The number of nitrogens with one attached hydrogen (secondary N) is 1. The van der Waals surface area contributed by atoms with E-state index in [4.69, 9.17) is 14.0 Å². The second kappa shape index (κ2) is 8.97. The second-order valence-corrected chi connectivity index (χ2v) is 7.17. The number of amides is 1. The largest absolute Gasteiger partial charge is 0.502 e. The molecule has 1 aliphatic carbocycles. The van der Waals surface area contributed by atoms with E-state index in [1.54, 1.807) is 24.3 Å². The molecule has 32 heavy (non-hydrogen) atoms. The second-order valence-electron chi connectivity index (χ2n) is 7.17. The Morgan fingerprint density at radius 3 is 2.59 bits per heavy atom. The van der Waals surface area contributed by atoms with Crippen molar-refractivity contribution >= 4 is 23.6 Å². The van der Waals surface area contributed by atoms with Crippen molar-refractivity contribution < 1.29 is 28.3 Å². The minimum Gasteiger partial charge on any atom is -0.502 e. The lowest BCUT2D eigenvalue weighted by Crippen LogP contribution is -2.26. The lowest BCUT2D eigenvalue weighted by Gasteiger charge is -2.12. The van der Waals surface area contributed by atoms with Gasteiger partial charge in [0.15, 0.2) is 11.5 Å². The summed E-state index contributed by atoms with van der Waals surface area (Å²) in [4.78, 5) is 12.3. The first-order chi connectivity index (χ1) is 15.5. The number of carbonyl (C=O) groups excluding carboxylic acids is 1. The molecule has 0 atom stereocenters. The number of hydrogen-bond acceptors (Lipinski definition) is 6. The third-order valence-electron chi connectivity index (χ3n) is 5.09. The Morgan fingerprint density at radius 2 is 1.94 bits per heavy atom.